The molecule has 0 spiro atoms. The third-order valence-corrected chi connectivity index (χ3v) is 6.17. The molecule has 2 amide bonds. The fraction of sp³-hybridized carbons (Fsp3) is 0.333. The normalized spacial score (nSPS) is 17.1. The SMILES string of the molecule is C=C(CN1Cc2c(-c3cccc(CN4CCN(C)CC4)c3)ccc(N)c2C1=O)C(N)=O. The monoisotopic (exact) mass is 419 g/mol. The lowest BCUT2D eigenvalue weighted by Gasteiger charge is -2.32. The van der Waals surface area contributed by atoms with Crippen LogP contribution in [0.3, 0.4) is 0 Å². The largest absolute Gasteiger partial charge is 0.398 e. The number of fused-ring (bicyclic) bond motifs is 1. The maximum atomic E-state index is 13.0. The van der Waals surface area contributed by atoms with E-state index in [2.05, 4.69) is 47.7 Å². The number of primary amides is 1. The molecule has 1 saturated heterocycles. The number of nitrogen functional groups attached to an aromatic ring is 1. The highest BCUT2D eigenvalue weighted by atomic mass is 16.2. The number of hydrogen-bond acceptors (Lipinski definition) is 5. The zero-order valence-corrected chi connectivity index (χ0v) is 17.9. The minimum atomic E-state index is -0.603. The average Bonchev–Trinajstić information content (AvgIpc) is 3.07. The summed E-state index contributed by atoms with van der Waals surface area (Å²) in [6.07, 6.45) is 0. The number of carbonyl (C=O) groups excluding carboxylic acids is 2. The number of nitrogens with zero attached hydrogens (tertiary/aromatic N) is 3. The number of nitrogens with two attached hydrogens (primary N) is 2. The van der Waals surface area contributed by atoms with E-state index in [0.717, 1.165) is 49.4 Å². The van der Waals surface area contributed by atoms with Gasteiger partial charge in [-0.1, -0.05) is 30.8 Å². The molecule has 31 heavy (non-hydrogen) atoms. The standard InChI is InChI=1S/C24H29N5O2/c1-16(23(26)30)13-29-15-20-19(6-7-21(25)22(20)24(29)31)18-5-3-4-17(12-18)14-28-10-8-27(2)9-11-28/h3-7,12H,1,8-11,13-15,25H2,2H3,(H2,26,30). The summed E-state index contributed by atoms with van der Waals surface area (Å²) in [7, 11) is 2.16. The molecule has 0 aliphatic carbocycles. The molecule has 2 aromatic rings. The molecule has 7 heteroatoms. The molecular formula is C24H29N5O2. The first-order valence-corrected chi connectivity index (χ1v) is 10.5. The first-order chi connectivity index (χ1) is 14.8. The Hall–Kier alpha value is -3.16. The predicted octanol–water partition coefficient (Wildman–Crippen LogP) is 1.68. The second-order valence-electron chi connectivity index (χ2n) is 8.46. The van der Waals surface area contributed by atoms with Gasteiger partial charge in [0.15, 0.2) is 0 Å². The van der Waals surface area contributed by atoms with Gasteiger partial charge in [0.2, 0.25) is 5.91 Å². The van der Waals surface area contributed by atoms with Gasteiger partial charge in [-0.3, -0.25) is 14.5 Å². The molecule has 2 aromatic carbocycles. The van der Waals surface area contributed by atoms with E-state index < -0.39 is 5.91 Å². The fourth-order valence-corrected chi connectivity index (χ4v) is 4.31. The summed E-state index contributed by atoms with van der Waals surface area (Å²) in [4.78, 5) is 30.7. The maximum absolute atomic E-state index is 13.0. The number of amides is 2. The Morgan fingerprint density at radius 3 is 2.58 bits per heavy atom. The molecule has 162 valence electrons. The Morgan fingerprint density at radius 2 is 1.87 bits per heavy atom. The van der Waals surface area contributed by atoms with Crippen LogP contribution in [0.4, 0.5) is 5.69 Å². The number of carbonyl (C=O) groups is 2. The molecule has 0 aromatic heterocycles. The Bertz CT molecular complexity index is 1040. The van der Waals surface area contributed by atoms with Crippen molar-refractivity contribution in [2.75, 3.05) is 45.5 Å². The van der Waals surface area contributed by atoms with Gasteiger partial charge in [-0.15, -0.1) is 0 Å². The number of anilines is 1. The van der Waals surface area contributed by atoms with Crippen molar-refractivity contribution < 1.29 is 9.59 Å². The smallest absolute Gasteiger partial charge is 0.256 e. The van der Waals surface area contributed by atoms with Crippen molar-refractivity contribution in [3.05, 3.63) is 65.2 Å². The molecule has 4 N–H and O–H groups in total. The van der Waals surface area contributed by atoms with Crippen LogP contribution in [-0.4, -0.2) is 66.3 Å². The highest BCUT2D eigenvalue weighted by Gasteiger charge is 2.32. The van der Waals surface area contributed by atoms with E-state index in [9.17, 15) is 9.59 Å². The van der Waals surface area contributed by atoms with Crippen molar-refractivity contribution in [1.82, 2.24) is 14.7 Å². The van der Waals surface area contributed by atoms with Crippen LogP contribution in [0.2, 0.25) is 0 Å². The number of rotatable bonds is 6. The molecule has 1 fully saturated rings. The summed E-state index contributed by atoms with van der Waals surface area (Å²) in [5, 5.41) is 0. The van der Waals surface area contributed by atoms with Gasteiger partial charge in [0, 0.05) is 50.5 Å². The lowest BCUT2D eigenvalue weighted by molar-refractivity contribution is -0.114. The zero-order valence-electron chi connectivity index (χ0n) is 17.9. The third-order valence-electron chi connectivity index (χ3n) is 6.17. The van der Waals surface area contributed by atoms with Crippen molar-refractivity contribution in [3.63, 3.8) is 0 Å². The molecule has 2 aliphatic heterocycles. The van der Waals surface area contributed by atoms with Crippen LogP contribution >= 0.6 is 0 Å². The van der Waals surface area contributed by atoms with Crippen LogP contribution < -0.4 is 11.5 Å². The van der Waals surface area contributed by atoms with E-state index in [1.54, 1.807) is 11.0 Å². The molecular weight excluding hydrogens is 390 g/mol. The van der Waals surface area contributed by atoms with Gasteiger partial charge in [0.25, 0.3) is 5.91 Å². The van der Waals surface area contributed by atoms with E-state index in [4.69, 9.17) is 11.5 Å². The van der Waals surface area contributed by atoms with Crippen LogP contribution in [0.25, 0.3) is 11.1 Å². The lowest BCUT2D eigenvalue weighted by Crippen LogP contribution is -2.43. The van der Waals surface area contributed by atoms with Crippen molar-refractivity contribution in [3.8, 4) is 11.1 Å². The van der Waals surface area contributed by atoms with Gasteiger partial charge in [-0.05, 0) is 41.4 Å². The Kier molecular flexibility index (Phi) is 5.80. The van der Waals surface area contributed by atoms with E-state index in [1.165, 1.54) is 5.56 Å². The molecule has 0 unspecified atom stereocenters. The van der Waals surface area contributed by atoms with E-state index in [0.29, 0.717) is 17.8 Å². The van der Waals surface area contributed by atoms with Gasteiger partial charge in [-0.25, -0.2) is 0 Å². The van der Waals surface area contributed by atoms with Crippen LogP contribution in [0, 0.1) is 0 Å². The average molecular weight is 420 g/mol. The minimum absolute atomic E-state index is 0.102. The Balaban J connectivity index is 1.60. The number of likely N-dealkylation sites (N-methyl/N-ethyl adjacent to an activating group) is 1. The van der Waals surface area contributed by atoms with Gasteiger partial charge in [-0.2, -0.15) is 0 Å². The summed E-state index contributed by atoms with van der Waals surface area (Å²) < 4.78 is 0. The van der Waals surface area contributed by atoms with Crippen LogP contribution in [0.5, 0.6) is 0 Å². The Labute approximate surface area is 182 Å². The van der Waals surface area contributed by atoms with Crippen molar-refractivity contribution in [2.45, 2.75) is 13.1 Å². The summed E-state index contributed by atoms with van der Waals surface area (Å²) >= 11 is 0. The molecule has 2 aliphatic rings. The van der Waals surface area contributed by atoms with Crippen molar-refractivity contribution in [2.24, 2.45) is 5.73 Å². The minimum Gasteiger partial charge on any atom is -0.398 e. The lowest BCUT2D eigenvalue weighted by atomic mass is 9.94. The van der Waals surface area contributed by atoms with E-state index >= 15 is 0 Å². The van der Waals surface area contributed by atoms with E-state index in [-0.39, 0.29) is 18.0 Å². The van der Waals surface area contributed by atoms with Gasteiger partial charge in [0.05, 0.1) is 12.1 Å². The summed E-state index contributed by atoms with van der Waals surface area (Å²) in [5.41, 5.74) is 16.8. The summed E-state index contributed by atoms with van der Waals surface area (Å²) in [6.45, 7) is 9.36. The van der Waals surface area contributed by atoms with Crippen LogP contribution in [0.1, 0.15) is 21.5 Å². The molecule has 0 bridgehead atoms. The van der Waals surface area contributed by atoms with Crippen LogP contribution in [0.15, 0.2) is 48.6 Å². The summed E-state index contributed by atoms with van der Waals surface area (Å²) in [6, 6.07) is 12.2. The number of hydrogen-bond donors (Lipinski definition) is 2. The van der Waals surface area contributed by atoms with Crippen molar-refractivity contribution >= 4 is 17.5 Å². The van der Waals surface area contributed by atoms with Gasteiger partial charge < -0.3 is 21.3 Å². The first kappa shape index (κ1) is 21.1. The maximum Gasteiger partial charge on any atom is 0.256 e. The third kappa shape index (κ3) is 4.33. The quantitative estimate of drug-likeness (QED) is 0.549. The summed E-state index contributed by atoms with van der Waals surface area (Å²) in [5.74, 6) is -0.793. The van der Waals surface area contributed by atoms with Gasteiger partial charge >= 0.3 is 0 Å². The molecule has 0 saturated carbocycles. The zero-order chi connectivity index (χ0) is 22.1. The predicted molar refractivity (Wildman–Crippen MR) is 122 cm³/mol. The molecule has 2 heterocycles. The number of piperazine rings is 1. The second kappa shape index (κ2) is 8.53. The van der Waals surface area contributed by atoms with Crippen molar-refractivity contribution in [1.29, 1.82) is 0 Å². The highest BCUT2D eigenvalue weighted by Crippen LogP contribution is 2.36. The molecule has 0 atom stereocenters. The van der Waals surface area contributed by atoms with Crippen LogP contribution in [-0.2, 0) is 17.9 Å². The number of benzene rings is 2. The molecule has 4 rings (SSSR count). The van der Waals surface area contributed by atoms with E-state index in [1.807, 2.05) is 6.07 Å². The Morgan fingerprint density at radius 1 is 1.13 bits per heavy atom. The fourth-order valence-electron chi connectivity index (χ4n) is 4.31. The second-order valence-corrected chi connectivity index (χ2v) is 8.46. The molecule has 7 nitrogen and oxygen atoms in total. The first-order valence-electron chi connectivity index (χ1n) is 10.5. The highest BCUT2D eigenvalue weighted by molar-refractivity contribution is 6.06. The molecule has 0 radical (unpaired) electrons. The van der Waals surface area contributed by atoms with Gasteiger partial charge in [0.1, 0.15) is 0 Å². The topological polar surface area (TPSA) is 95.9 Å².